The minimum atomic E-state index is -1.55. The smallest absolute Gasteiger partial charge is 0.322 e. The summed E-state index contributed by atoms with van der Waals surface area (Å²) in [6.45, 7) is 0.217. The SMILES string of the molecule is COc1ccc2c(c1)C(=O)N(C[C@@]1(c3cc4cc(OC)ccc4o3)NC(=O)NC1=O)C2. The van der Waals surface area contributed by atoms with Gasteiger partial charge in [-0.05, 0) is 42.0 Å². The van der Waals surface area contributed by atoms with Gasteiger partial charge in [0.05, 0.1) is 20.8 Å². The zero-order valence-electron chi connectivity index (χ0n) is 16.9. The van der Waals surface area contributed by atoms with Gasteiger partial charge in [-0.2, -0.15) is 0 Å². The van der Waals surface area contributed by atoms with E-state index in [0.29, 0.717) is 34.6 Å². The highest BCUT2D eigenvalue weighted by molar-refractivity contribution is 6.08. The van der Waals surface area contributed by atoms with Crippen molar-refractivity contribution in [1.82, 2.24) is 15.5 Å². The molecule has 158 valence electrons. The molecule has 1 fully saturated rings. The van der Waals surface area contributed by atoms with Crippen LogP contribution in [0.1, 0.15) is 21.7 Å². The van der Waals surface area contributed by atoms with Crippen LogP contribution < -0.4 is 20.1 Å². The second-order valence-corrected chi connectivity index (χ2v) is 7.51. The van der Waals surface area contributed by atoms with Crippen LogP contribution >= 0.6 is 0 Å². The Hall–Kier alpha value is -4.01. The molecular formula is C22H19N3O6. The summed E-state index contributed by atoms with van der Waals surface area (Å²) in [5.74, 6) is 0.611. The molecule has 0 unspecified atom stereocenters. The molecular weight excluding hydrogens is 402 g/mol. The van der Waals surface area contributed by atoms with E-state index in [1.807, 2.05) is 6.07 Å². The molecule has 2 N–H and O–H groups in total. The number of carbonyl (C=O) groups excluding carboxylic acids is 3. The predicted octanol–water partition coefficient (Wildman–Crippen LogP) is 2.14. The van der Waals surface area contributed by atoms with E-state index in [1.165, 1.54) is 12.0 Å². The summed E-state index contributed by atoms with van der Waals surface area (Å²) >= 11 is 0. The largest absolute Gasteiger partial charge is 0.497 e. The van der Waals surface area contributed by atoms with Gasteiger partial charge in [-0.25, -0.2) is 4.79 Å². The maximum absolute atomic E-state index is 13.0. The summed E-state index contributed by atoms with van der Waals surface area (Å²) in [7, 11) is 3.09. The first-order valence-electron chi connectivity index (χ1n) is 9.61. The summed E-state index contributed by atoms with van der Waals surface area (Å²) in [5, 5.41) is 5.66. The number of ether oxygens (including phenoxy) is 2. The number of nitrogens with one attached hydrogen (secondary N) is 2. The third-order valence-electron chi connectivity index (χ3n) is 5.71. The number of rotatable bonds is 5. The van der Waals surface area contributed by atoms with Crippen LogP contribution in [0, 0.1) is 0 Å². The molecule has 1 aromatic heterocycles. The fourth-order valence-corrected chi connectivity index (χ4v) is 4.09. The van der Waals surface area contributed by atoms with Crippen molar-refractivity contribution >= 4 is 28.8 Å². The highest BCUT2D eigenvalue weighted by Gasteiger charge is 2.53. The van der Waals surface area contributed by atoms with Gasteiger partial charge in [0.15, 0.2) is 5.54 Å². The van der Waals surface area contributed by atoms with E-state index in [9.17, 15) is 14.4 Å². The van der Waals surface area contributed by atoms with E-state index in [1.54, 1.807) is 43.5 Å². The molecule has 31 heavy (non-hydrogen) atoms. The molecule has 0 bridgehead atoms. The van der Waals surface area contributed by atoms with E-state index in [0.717, 1.165) is 5.56 Å². The summed E-state index contributed by atoms with van der Waals surface area (Å²) in [5.41, 5.74) is 0.309. The summed E-state index contributed by atoms with van der Waals surface area (Å²) < 4.78 is 16.4. The number of carbonyl (C=O) groups is 3. The molecule has 2 aliphatic rings. The number of amides is 4. The molecule has 3 aromatic rings. The van der Waals surface area contributed by atoms with Crippen molar-refractivity contribution in [1.29, 1.82) is 0 Å². The van der Waals surface area contributed by atoms with Crippen LogP contribution in [-0.2, 0) is 16.9 Å². The Labute approximate surface area is 176 Å². The zero-order chi connectivity index (χ0) is 21.8. The van der Waals surface area contributed by atoms with Gasteiger partial charge in [0.2, 0.25) is 0 Å². The topological polar surface area (TPSA) is 110 Å². The first-order chi connectivity index (χ1) is 14.9. The number of nitrogens with zero attached hydrogens (tertiary/aromatic N) is 1. The Balaban J connectivity index is 1.54. The van der Waals surface area contributed by atoms with Crippen molar-refractivity contribution in [3.05, 3.63) is 59.4 Å². The van der Waals surface area contributed by atoms with Gasteiger partial charge in [-0.1, -0.05) is 6.07 Å². The van der Waals surface area contributed by atoms with Gasteiger partial charge in [0.25, 0.3) is 11.8 Å². The van der Waals surface area contributed by atoms with Gasteiger partial charge < -0.3 is 24.1 Å². The average molecular weight is 421 g/mol. The normalized spacial score (nSPS) is 20.1. The fourth-order valence-electron chi connectivity index (χ4n) is 4.09. The molecule has 5 rings (SSSR count). The molecule has 0 aliphatic carbocycles. The summed E-state index contributed by atoms with van der Waals surface area (Å²) in [6, 6.07) is 11.5. The standard InChI is InChI=1S/C22H19N3O6/c1-29-14-5-6-17-13(7-14)8-18(31-17)22(20(27)23-21(28)24-22)11-25-10-12-3-4-15(30-2)9-16(12)19(25)26/h3-9H,10-11H2,1-2H3,(H2,23,24,27,28)/t22-/m0/s1. The van der Waals surface area contributed by atoms with E-state index in [-0.39, 0.29) is 18.2 Å². The van der Waals surface area contributed by atoms with Crippen molar-refractivity contribution in [2.75, 3.05) is 20.8 Å². The molecule has 0 spiro atoms. The monoisotopic (exact) mass is 421 g/mol. The highest BCUT2D eigenvalue weighted by atomic mass is 16.5. The number of hydrogen-bond donors (Lipinski definition) is 2. The van der Waals surface area contributed by atoms with Gasteiger partial charge in [-0.3, -0.25) is 14.9 Å². The van der Waals surface area contributed by atoms with Gasteiger partial charge in [0.1, 0.15) is 22.8 Å². The molecule has 1 saturated heterocycles. The van der Waals surface area contributed by atoms with Gasteiger partial charge >= 0.3 is 6.03 Å². The molecule has 2 aromatic carbocycles. The van der Waals surface area contributed by atoms with E-state index in [4.69, 9.17) is 13.9 Å². The molecule has 0 saturated carbocycles. The zero-order valence-corrected chi connectivity index (χ0v) is 16.9. The second kappa shape index (κ2) is 6.76. The number of furan rings is 1. The predicted molar refractivity (Wildman–Crippen MR) is 109 cm³/mol. The van der Waals surface area contributed by atoms with Crippen LogP contribution in [0.15, 0.2) is 46.9 Å². The second-order valence-electron chi connectivity index (χ2n) is 7.51. The number of urea groups is 1. The van der Waals surface area contributed by atoms with Crippen molar-refractivity contribution in [3.63, 3.8) is 0 Å². The third kappa shape index (κ3) is 2.89. The molecule has 4 amide bonds. The highest BCUT2D eigenvalue weighted by Crippen LogP contribution is 2.35. The Morgan fingerprint density at radius 3 is 2.48 bits per heavy atom. The van der Waals surface area contributed by atoms with Crippen molar-refractivity contribution in [2.45, 2.75) is 12.1 Å². The van der Waals surface area contributed by atoms with Crippen LogP contribution in [0.3, 0.4) is 0 Å². The number of methoxy groups -OCH3 is 2. The lowest BCUT2D eigenvalue weighted by Gasteiger charge is -2.29. The Morgan fingerprint density at radius 1 is 1.03 bits per heavy atom. The quantitative estimate of drug-likeness (QED) is 0.611. The molecule has 2 aliphatic heterocycles. The Kier molecular flexibility index (Phi) is 4.14. The maximum atomic E-state index is 13.0. The summed E-state index contributed by atoms with van der Waals surface area (Å²) in [6.07, 6.45) is 0. The van der Waals surface area contributed by atoms with Crippen LogP contribution in [0.2, 0.25) is 0 Å². The molecule has 9 nitrogen and oxygen atoms in total. The van der Waals surface area contributed by atoms with Crippen LogP contribution in [0.25, 0.3) is 11.0 Å². The lowest BCUT2D eigenvalue weighted by Crippen LogP contribution is -2.52. The third-order valence-corrected chi connectivity index (χ3v) is 5.71. The molecule has 9 heteroatoms. The fraction of sp³-hybridized carbons (Fsp3) is 0.227. The number of benzene rings is 2. The van der Waals surface area contributed by atoms with Crippen molar-refractivity contribution in [2.24, 2.45) is 0 Å². The Bertz CT molecular complexity index is 1250. The van der Waals surface area contributed by atoms with Gasteiger partial charge in [0, 0.05) is 17.5 Å². The van der Waals surface area contributed by atoms with Crippen molar-refractivity contribution in [3.8, 4) is 11.5 Å². The van der Waals surface area contributed by atoms with Gasteiger partial charge in [-0.15, -0.1) is 0 Å². The number of imide groups is 1. The van der Waals surface area contributed by atoms with Crippen LogP contribution in [0.4, 0.5) is 4.79 Å². The Morgan fingerprint density at radius 2 is 1.77 bits per heavy atom. The minimum absolute atomic E-state index is 0.0860. The van der Waals surface area contributed by atoms with Crippen molar-refractivity contribution < 1.29 is 28.3 Å². The lowest BCUT2D eigenvalue weighted by atomic mass is 9.95. The van der Waals surface area contributed by atoms with E-state index < -0.39 is 17.5 Å². The number of fused-ring (bicyclic) bond motifs is 2. The first-order valence-corrected chi connectivity index (χ1v) is 9.61. The maximum Gasteiger partial charge on any atom is 0.322 e. The minimum Gasteiger partial charge on any atom is -0.497 e. The molecule has 3 heterocycles. The van der Waals surface area contributed by atoms with Crippen LogP contribution in [0.5, 0.6) is 11.5 Å². The average Bonchev–Trinajstić information content (AvgIpc) is 3.41. The van der Waals surface area contributed by atoms with Crippen LogP contribution in [-0.4, -0.2) is 43.5 Å². The molecule has 1 atom stereocenters. The summed E-state index contributed by atoms with van der Waals surface area (Å²) in [4.78, 5) is 39.6. The number of hydrogen-bond acceptors (Lipinski definition) is 6. The van der Waals surface area contributed by atoms with E-state index >= 15 is 0 Å². The first kappa shape index (κ1) is 19.0. The lowest BCUT2D eigenvalue weighted by molar-refractivity contribution is -0.125. The van der Waals surface area contributed by atoms with E-state index in [2.05, 4.69) is 10.6 Å². The molecule has 0 radical (unpaired) electrons.